The van der Waals surface area contributed by atoms with Crippen molar-refractivity contribution in [2.75, 3.05) is 25.0 Å². The van der Waals surface area contributed by atoms with Crippen LogP contribution in [0, 0.1) is 0 Å². The van der Waals surface area contributed by atoms with Crippen LogP contribution >= 0.6 is 0 Å². The van der Waals surface area contributed by atoms with Gasteiger partial charge in [-0.2, -0.15) is 0 Å². The van der Waals surface area contributed by atoms with E-state index >= 15 is 0 Å². The van der Waals surface area contributed by atoms with Gasteiger partial charge in [0.15, 0.2) is 6.61 Å². The van der Waals surface area contributed by atoms with E-state index in [-0.39, 0.29) is 31.4 Å². The summed E-state index contributed by atoms with van der Waals surface area (Å²) >= 11 is 0. The summed E-state index contributed by atoms with van der Waals surface area (Å²) in [4.78, 5) is 23.4. The summed E-state index contributed by atoms with van der Waals surface area (Å²) in [5.41, 5.74) is 1.30. The van der Waals surface area contributed by atoms with Gasteiger partial charge in [0.25, 0.3) is 5.91 Å². The average Bonchev–Trinajstić information content (AvgIpc) is 2.73. The van der Waals surface area contributed by atoms with Crippen LogP contribution in [0.15, 0.2) is 60.0 Å². The molecule has 0 radical (unpaired) electrons. The first-order valence-corrected chi connectivity index (χ1v) is 10.9. The van der Waals surface area contributed by atoms with E-state index in [2.05, 4.69) is 15.4 Å². The van der Waals surface area contributed by atoms with Gasteiger partial charge in [-0.1, -0.05) is 30.3 Å². The first-order chi connectivity index (χ1) is 14.4. The minimum atomic E-state index is -3.63. The monoisotopic (exact) mass is 431 g/mol. The van der Waals surface area contributed by atoms with Gasteiger partial charge in [0.05, 0.1) is 0 Å². The summed E-state index contributed by atoms with van der Waals surface area (Å²) in [5, 5.41) is 6.37. The van der Waals surface area contributed by atoms with Crippen LogP contribution in [0.1, 0.15) is 18.9 Å². The predicted molar refractivity (Wildman–Crippen MR) is 116 cm³/mol. The first-order valence-electron chi connectivity index (χ1n) is 9.40. The molecule has 2 aromatic carbocycles. The lowest BCUT2D eigenvalue weighted by Gasteiger charge is -2.08. The van der Waals surface area contributed by atoms with Gasteiger partial charge in [-0.25, -0.2) is 13.1 Å². The summed E-state index contributed by atoms with van der Waals surface area (Å²) in [5.74, 6) is -0.0473. The molecule has 2 aromatic rings. The van der Waals surface area contributed by atoms with Crippen molar-refractivity contribution in [3.05, 3.63) is 65.6 Å². The highest BCUT2D eigenvalue weighted by atomic mass is 32.2. The molecule has 0 aromatic heterocycles. The Morgan fingerprint density at radius 1 is 1.00 bits per heavy atom. The number of ether oxygens (including phenoxy) is 1. The van der Waals surface area contributed by atoms with Gasteiger partial charge in [0.1, 0.15) is 5.75 Å². The number of hydrogen-bond acceptors (Lipinski definition) is 5. The Morgan fingerprint density at radius 2 is 1.70 bits per heavy atom. The van der Waals surface area contributed by atoms with Gasteiger partial charge in [-0.15, -0.1) is 0 Å². The fraction of sp³-hybridized carbons (Fsp3) is 0.238. The van der Waals surface area contributed by atoms with E-state index in [4.69, 9.17) is 4.74 Å². The Bertz CT molecular complexity index is 958. The van der Waals surface area contributed by atoms with Gasteiger partial charge in [0, 0.05) is 30.6 Å². The number of amides is 2. The molecule has 0 unspecified atom stereocenters. The third kappa shape index (κ3) is 8.89. The van der Waals surface area contributed by atoms with E-state index in [0.717, 1.165) is 11.0 Å². The standard InChI is InChI=1S/C21H25N3O5S/c1-2-22-21(26)16-29-19-10-8-18(9-11-19)24-20(25)12-14-23-30(27,28)15-13-17-6-4-3-5-7-17/h3-11,13,15,23H,2,12,14,16H2,1H3,(H,22,26)(H,24,25)/b15-13+. The topological polar surface area (TPSA) is 114 Å². The van der Waals surface area contributed by atoms with Crippen molar-refractivity contribution in [1.82, 2.24) is 10.0 Å². The number of carbonyl (C=O) groups is 2. The summed E-state index contributed by atoms with van der Waals surface area (Å²) in [6, 6.07) is 15.6. The quantitative estimate of drug-likeness (QED) is 0.504. The van der Waals surface area contributed by atoms with Crippen LogP contribution in [0.4, 0.5) is 5.69 Å². The molecule has 0 heterocycles. The zero-order valence-electron chi connectivity index (χ0n) is 16.6. The minimum Gasteiger partial charge on any atom is -0.484 e. The van der Waals surface area contributed by atoms with Gasteiger partial charge < -0.3 is 15.4 Å². The number of likely N-dealkylation sites (N-methyl/N-ethyl adjacent to an activating group) is 1. The van der Waals surface area contributed by atoms with E-state index in [0.29, 0.717) is 18.0 Å². The predicted octanol–water partition coefficient (Wildman–Crippen LogP) is 2.12. The summed E-state index contributed by atoms with van der Waals surface area (Å²) < 4.78 is 31.6. The van der Waals surface area contributed by atoms with Crippen molar-refractivity contribution in [3.63, 3.8) is 0 Å². The van der Waals surface area contributed by atoms with Gasteiger partial charge in [-0.3, -0.25) is 9.59 Å². The fourth-order valence-corrected chi connectivity index (χ4v) is 3.16. The second-order valence-electron chi connectivity index (χ2n) is 6.22. The van der Waals surface area contributed by atoms with E-state index in [1.165, 1.54) is 6.08 Å². The molecule has 9 heteroatoms. The highest BCUT2D eigenvalue weighted by Crippen LogP contribution is 2.15. The van der Waals surface area contributed by atoms with Crippen molar-refractivity contribution >= 4 is 33.6 Å². The van der Waals surface area contributed by atoms with Crippen LogP contribution < -0.4 is 20.1 Å². The van der Waals surface area contributed by atoms with E-state index in [1.807, 2.05) is 25.1 Å². The molecular weight excluding hydrogens is 406 g/mol. The zero-order valence-corrected chi connectivity index (χ0v) is 17.4. The van der Waals surface area contributed by atoms with Crippen molar-refractivity contribution in [2.45, 2.75) is 13.3 Å². The van der Waals surface area contributed by atoms with E-state index in [9.17, 15) is 18.0 Å². The maximum Gasteiger partial charge on any atom is 0.257 e. The molecule has 0 aliphatic heterocycles. The van der Waals surface area contributed by atoms with E-state index in [1.54, 1.807) is 36.4 Å². The second-order valence-corrected chi connectivity index (χ2v) is 7.87. The molecule has 3 N–H and O–H groups in total. The Balaban J connectivity index is 1.73. The number of rotatable bonds is 11. The number of anilines is 1. The molecule has 0 atom stereocenters. The lowest BCUT2D eigenvalue weighted by Crippen LogP contribution is -2.28. The number of hydrogen-bond donors (Lipinski definition) is 3. The van der Waals surface area contributed by atoms with Crippen LogP contribution in [0.5, 0.6) is 5.75 Å². The molecule has 30 heavy (non-hydrogen) atoms. The molecule has 0 bridgehead atoms. The molecule has 0 aliphatic rings. The second kappa shape index (κ2) is 11.7. The molecular formula is C21H25N3O5S. The minimum absolute atomic E-state index is 0.0200. The molecule has 0 saturated heterocycles. The molecule has 0 aliphatic carbocycles. The fourth-order valence-electron chi connectivity index (χ4n) is 2.34. The highest BCUT2D eigenvalue weighted by Gasteiger charge is 2.08. The van der Waals surface area contributed by atoms with Crippen molar-refractivity contribution < 1.29 is 22.7 Å². The van der Waals surface area contributed by atoms with Crippen LogP contribution in [-0.4, -0.2) is 39.9 Å². The van der Waals surface area contributed by atoms with Crippen LogP contribution in [0.2, 0.25) is 0 Å². The lowest BCUT2D eigenvalue weighted by atomic mass is 10.2. The number of benzene rings is 2. The van der Waals surface area contributed by atoms with Crippen molar-refractivity contribution in [1.29, 1.82) is 0 Å². The van der Waals surface area contributed by atoms with Crippen LogP contribution in [0.3, 0.4) is 0 Å². The lowest BCUT2D eigenvalue weighted by molar-refractivity contribution is -0.123. The SMILES string of the molecule is CCNC(=O)COc1ccc(NC(=O)CCNS(=O)(=O)/C=C/c2ccccc2)cc1. The van der Waals surface area contributed by atoms with Crippen molar-refractivity contribution in [3.8, 4) is 5.75 Å². The molecule has 0 fully saturated rings. The maximum atomic E-state index is 12.0. The first kappa shape index (κ1) is 23.1. The van der Waals surface area contributed by atoms with Gasteiger partial charge >= 0.3 is 0 Å². The normalized spacial score (nSPS) is 11.2. The number of carbonyl (C=O) groups excluding carboxylic acids is 2. The van der Waals surface area contributed by atoms with Crippen molar-refractivity contribution in [2.24, 2.45) is 0 Å². The Kier molecular flexibility index (Phi) is 9.04. The highest BCUT2D eigenvalue weighted by molar-refractivity contribution is 7.92. The summed E-state index contributed by atoms with van der Waals surface area (Å²) in [7, 11) is -3.63. The molecule has 0 spiro atoms. The summed E-state index contributed by atoms with van der Waals surface area (Å²) in [6.07, 6.45) is 1.46. The summed E-state index contributed by atoms with van der Waals surface area (Å²) in [6.45, 7) is 2.24. The number of sulfonamides is 1. The number of nitrogens with one attached hydrogen (secondary N) is 3. The zero-order chi connectivity index (χ0) is 21.8. The third-order valence-corrected chi connectivity index (χ3v) is 4.88. The largest absolute Gasteiger partial charge is 0.484 e. The molecule has 8 nitrogen and oxygen atoms in total. The van der Waals surface area contributed by atoms with Gasteiger partial charge in [-0.05, 0) is 42.8 Å². The third-order valence-electron chi connectivity index (χ3n) is 3.78. The smallest absolute Gasteiger partial charge is 0.257 e. The van der Waals surface area contributed by atoms with Gasteiger partial charge in [0.2, 0.25) is 15.9 Å². The Labute approximate surface area is 176 Å². The Hall–Kier alpha value is -3.17. The molecule has 0 saturated carbocycles. The molecule has 2 rings (SSSR count). The van der Waals surface area contributed by atoms with Crippen LogP contribution in [0.25, 0.3) is 6.08 Å². The molecule has 160 valence electrons. The maximum absolute atomic E-state index is 12.0. The molecule has 2 amide bonds. The van der Waals surface area contributed by atoms with E-state index < -0.39 is 10.0 Å². The van der Waals surface area contributed by atoms with Crippen LogP contribution in [-0.2, 0) is 19.6 Å². The Morgan fingerprint density at radius 3 is 2.37 bits per heavy atom. The average molecular weight is 432 g/mol.